The van der Waals surface area contributed by atoms with Gasteiger partial charge in [-0.2, -0.15) is 0 Å². The largest absolute Gasteiger partial charge is 0.508 e. The number of benzene rings is 3. The van der Waals surface area contributed by atoms with E-state index in [2.05, 4.69) is 64.2 Å². The van der Waals surface area contributed by atoms with Crippen molar-refractivity contribution in [1.82, 2.24) is 0 Å². The molecule has 6 heteroatoms. The molecular formula is C35H47NO5. The second-order valence-corrected chi connectivity index (χ2v) is 10.8. The van der Waals surface area contributed by atoms with E-state index < -0.39 is 5.97 Å². The second kappa shape index (κ2) is 17.1. The molecule has 3 N–H and O–H groups in total. The van der Waals surface area contributed by atoms with Crippen molar-refractivity contribution in [2.45, 2.75) is 85.0 Å². The summed E-state index contributed by atoms with van der Waals surface area (Å²) in [5.41, 5.74) is 4.84. The minimum atomic E-state index is -0.737. The Morgan fingerprint density at radius 3 is 1.93 bits per heavy atom. The van der Waals surface area contributed by atoms with Crippen LogP contribution in [0.15, 0.2) is 72.8 Å². The number of fused-ring (bicyclic) bond motifs is 1. The van der Waals surface area contributed by atoms with Crippen molar-refractivity contribution in [3.8, 4) is 11.5 Å². The number of aromatic hydroxyl groups is 1. The Hall–Kier alpha value is -3.80. The fourth-order valence-corrected chi connectivity index (χ4v) is 4.30. The molecule has 0 fully saturated rings. The Balaban J connectivity index is 0.000000220. The summed E-state index contributed by atoms with van der Waals surface area (Å²) in [4.78, 5) is 21.7. The van der Waals surface area contributed by atoms with Gasteiger partial charge in [-0.3, -0.25) is 9.59 Å². The maximum Gasteiger partial charge on any atom is 0.314 e. The summed E-state index contributed by atoms with van der Waals surface area (Å²) >= 11 is 0. The topological polar surface area (TPSA) is 95.9 Å². The van der Waals surface area contributed by atoms with E-state index in [1.807, 2.05) is 43.3 Å². The van der Waals surface area contributed by atoms with Gasteiger partial charge in [-0.15, -0.1) is 0 Å². The molecule has 0 aliphatic carbocycles. The zero-order chi connectivity index (χ0) is 30.4. The molecule has 41 heavy (non-hydrogen) atoms. The van der Waals surface area contributed by atoms with Crippen LogP contribution in [0, 0.1) is 5.92 Å². The van der Waals surface area contributed by atoms with Crippen molar-refractivity contribution in [1.29, 1.82) is 0 Å². The van der Waals surface area contributed by atoms with Crippen LogP contribution < -0.4 is 10.1 Å². The van der Waals surface area contributed by atoms with Crippen LogP contribution in [0.5, 0.6) is 11.5 Å². The number of phenols is 1. The minimum Gasteiger partial charge on any atom is -0.508 e. The van der Waals surface area contributed by atoms with Gasteiger partial charge in [0.1, 0.15) is 11.5 Å². The number of nitrogens with one attached hydrogen (secondary N) is 1. The van der Waals surface area contributed by atoms with E-state index in [0.717, 1.165) is 29.8 Å². The highest BCUT2D eigenvalue weighted by Crippen LogP contribution is 2.36. The van der Waals surface area contributed by atoms with Crippen LogP contribution in [-0.2, 0) is 9.59 Å². The Labute approximate surface area is 245 Å². The third-order valence-electron chi connectivity index (χ3n) is 7.81. The third-order valence-corrected chi connectivity index (χ3v) is 7.81. The number of hydrogen-bond donors (Lipinski definition) is 3. The molecule has 0 amide bonds. The molecule has 0 spiro atoms. The Bertz CT molecular complexity index is 1210. The van der Waals surface area contributed by atoms with Crippen LogP contribution in [0.4, 0.5) is 5.69 Å². The normalized spacial score (nSPS) is 16.9. The first-order valence-electron chi connectivity index (χ1n) is 14.7. The first-order chi connectivity index (χ1) is 19.6. The lowest BCUT2D eigenvalue weighted by molar-refractivity contribution is -0.140. The van der Waals surface area contributed by atoms with Gasteiger partial charge in [0.2, 0.25) is 0 Å². The summed E-state index contributed by atoms with van der Waals surface area (Å²) in [6.45, 7) is 13.4. The van der Waals surface area contributed by atoms with Gasteiger partial charge in [0.05, 0.1) is 5.92 Å². The average molecular weight is 562 g/mol. The number of carbonyl (C=O) groups is 2. The van der Waals surface area contributed by atoms with E-state index in [9.17, 15) is 9.59 Å². The molecular weight excluding hydrogens is 514 g/mol. The lowest BCUT2D eigenvalue weighted by Crippen LogP contribution is -2.27. The summed E-state index contributed by atoms with van der Waals surface area (Å²) in [6, 6.07) is 23.5. The number of phenolic OH excluding ortho intramolecular Hbond substituents is 1. The Morgan fingerprint density at radius 1 is 0.854 bits per heavy atom. The SMILES string of the molecule is CC1C(=O)Oc2ccccc2C1C.CCC(C)c1ccc(NCCCC(=O)O)cc1.CCC(C)c1ccc(O)cc1. The van der Waals surface area contributed by atoms with E-state index in [-0.39, 0.29) is 24.2 Å². The Morgan fingerprint density at radius 2 is 1.39 bits per heavy atom. The third kappa shape index (κ3) is 10.9. The fraction of sp³-hybridized carbons (Fsp3) is 0.429. The van der Waals surface area contributed by atoms with E-state index >= 15 is 0 Å². The van der Waals surface area contributed by atoms with Crippen molar-refractivity contribution in [2.75, 3.05) is 11.9 Å². The summed E-state index contributed by atoms with van der Waals surface area (Å²) in [6.07, 6.45) is 3.16. The van der Waals surface area contributed by atoms with E-state index in [1.54, 1.807) is 12.1 Å². The predicted octanol–water partition coefficient (Wildman–Crippen LogP) is 8.73. The molecule has 222 valence electrons. The molecule has 0 saturated carbocycles. The number of carboxylic acid groups (broad SMARTS) is 1. The van der Waals surface area contributed by atoms with Crippen LogP contribution in [0.1, 0.15) is 102 Å². The standard InChI is InChI=1S/C14H21NO2.C11H12O2.C10H14O/c1-3-11(2)12-6-8-13(9-7-12)15-10-4-5-14(16)17;1-7-8(2)11(12)13-10-6-4-3-5-9(7)10;1-3-8(2)9-4-6-10(11)7-5-9/h6-9,11,15H,3-5,10H2,1-2H3,(H,16,17);3-8H,1-2H3;4-8,11H,3H2,1-2H3. The minimum absolute atomic E-state index is 0.0325. The van der Waals surface area contributed by atoms with Crippen LogP contribution in [0.3, 0.4) is 0 Å². The molecule has 0 aromatic heterocycles. The number of anilines is 1. The van der Waals surface area contributed by atoms with Crippen molar-refractivity contribution in [3.63, 3.8) is 0 Å². The molecule has 0 saturated heterocycles. The number of carbonyl (C=O) groups excluding carboxylic acids is 1. The maximum absolute atomic E-state index is 11.3. The van der Waals surface area contributed by atoms with Crippen molar-refractivity contribution < 1.29 is 24.5 Å². The smallest absolute Gasteiger partial charge is 0.314 e. The van der Waals surface area contributed by atoms with Gasteiger partial charge in [0, 0.05) is 18.7 Å². The molecule has 1 aliphatic heterocycles. The molecule has 1 aliphatic rings. The number of aliphatic carboxylic acids is 1. The summed E-state index contributed by atoms with van der Waals surface area (Å²) in [5.74, 6) is 1.62. The molecule has 0 bridgehead atoms. The Kier molecular flexibility index (Phi) is 13.9. The van der Waals surface area contributed by atoms with Gasteiger partial charge >= 0.3 is 11.9 Å². The number of carboxylic acids is 1. The highest BCUT2D eigenvalue weighted by molar-refractivity contribution is 5.78. The van der Waals surface area contributed by atoms with E-state index in [0.29, 0.717) is 30.6 Å². The average Bonchev–Trinajstić information content (AvgIpc) is 2.98. The van der Waals surface area contributed by atoms with Crippen molar-refractivity contribution in [3.05, 3.63) is 89.5 Å². The summed E-state index contributed by atoms with van der Waals surface area (Å²) in [7, 11) is 0. The summed E-state index contributed by atoms with van der Waals surface area (Å²) < 4.78 is 5.18. The fourth-order valence-electron chi connectivity index (χ4n) is 4.30. The van der Waals surface area contributed by atoms with Gasteiger partial charge in [0.25, 0.3) is 0 Å². The second-order valence-electron chi connectivity index (χ2n) is 10.8. The monoisotopic (exact) mass is 561 g/mol. The van der Waals surface area contributed by atoms with Gasteiger partial charge in [0.15, 0.2) is 0 Å². The molecule has 4 atom stereocenters. The first-order valence-corrected chi connectivity index (χ1v) is 14.7. The highest BCUT2D eigenvalue weighted by Gasteiger charge is 2.30. The van der Waals surface area contributed by atoms with E-state index in [4.69, 9.17) is 14.9 Å². The maximum atomic E-state index is 11.3. The number of esters is 1. The van der Waals surface area contributed by atoms with Crippen LogP contribution in [0.2, 0.25) is 0 Å². The molecule has 6 nitrogen and oxygen atoms in total. The number of para-hydroxylation sites is 1. The van der Waals surface area contributed by atoms with Crippen LogP contribution in [-0.4, -0.2) is 28.7 Å². The molecule has 4 rings (SSSR count). The molecule has 3 aromatic rings. The van der Waals surface area contributed by atoms with E-state index in [1.165, 1.54) is 11.1 Å². The lowest BCUT2D eigenvalue weighted by atomic mass is 9.86. The molecule has 1 heterocycles. The lowest BCUT2D eigenvalue weighted by Gasteiger charge is -2.26. The number of hydrogen-bond acceptors (Lipinski definition) is 5. The first kappa shape index (κ1) is 33.4. The van der Waals surface area contributed by atoms with Crippen LogP contribution in [0.25, 0.3) is 0 Å². The van der Waals surface area contributed by atoms with Crippen molar-refractivity contribution in [2.24, 2.45) is 5.92 Å². The van der Waals surface area contributed by atoms with Crippen molar-refractivity contribution >= 4 is 17.6 Å². The summed E-state index contributed by atoms with van der Waals surface area (Å²) in [5, 5.41) is 20.7. The van der Waals surface area contributed by atoms with Gasteiger partial charge in [-0.25, -0.2) is 0 Å². The molecule has 0 radical (unpaired) electrons. The highest BCUT2D eigenvalue weighted by atomic mass is 16.5. The quantitative estimate of drug-likeness (QED) is 0.137. The molecule has 4 unspecified atom stereocenters. The van der Waals surface area contributed by atoms with Gasteiger partial charge < -0.3 is 20.3 Å². The predicted molar refractivity (Wildman–Crippen MR) is 167 cm³/mol. The zero-order valence-corrected chi connectivity index (χ0v) is 25.4. The molecule has 3 aromatic carbocycles. The number of rotatable bonds is 9. The van der Waals surface area contributed by atoms with Crippen LogP contribution >= 0.6 is 0 Å². The zero-order valence-electron chi connectivity index (χ0n) is 25.4. The van der Waals surface area contributed by atoms with Gasteiger partial charge in [-0.05, 0) is 84.0 Å². The van der Waals surface area contributed by atoms with Gasteiger partial charge in [-0.1, -0.05) is 84.0 Å². The number of ether oxygens (including phenoxy) is 1.